The largest absolute Gasteiger partial charge is 0.463 e. The molecule has 4 aliphatic heterocycles. The topological polar surface area (TPSA) is 125 Å². The third-order valence-corrected chi connectivity index (χ3v) is 10.7. The number of carbonyl (C=O) groups is 4. The van der Waals surface area contributed by atoms with Crippen LogP contribution in [0.4, 0.5) is 5.69 Å². The molecule has 0 aliphatic carbocycles. The molecule has 0 aromatic heterocycles. The van der Waals surface area contributed by atoms with Crippen LogP contribution in [0.15, 0.2) is 71.2 Å². The molecule has 260 valence electrons. The van der Waals surface area contributed by atoms with Crippen molar-refractivity contribution in [3.05, 3.63) is 87.9 Å². The summed E-state index contributed by atoms with van der Waals surface area (Å²) >= 11 is 3.63. The normalized spacial score (nSPS) is 30.3. The van der Waals surface area contributed by atoms with Crippen LogP contribution in [0.25, 0.3) is 0 Å². The van der Waals surface area contributed by atoms with Gasteiger partial charge in [-0.25, -0.2) is 0 Å². The Hall–Kier alpha value is -3.80. The van der Waals surface area contributed by atoms with Crippen LogP contribution in [0.2, 0.25) is 0 Å². The zero-order chi connectivity index (χ0) is 35.0. The number of rotatable bonds is 6. The predicted octanol–water partition coefficient (Wildman–Crippen LogP) is 4.67. The summed E-state index contributed by atoms with van der Waals surface area (Å²) < 4.78 is 12.9. The second-order valence-corrected chi connectivity index (χ2v) is 14.9. The lowest BCUT2D eigenvalue weighted by Gasteiger charge is -2.39. The average Bonchev–Trinajstić information content (AvgIpc) is 3.67. The van der Waals surface area contributed by atoms with E-state index < -0.39 is 59.5 Å². The summed E-state index contributed by atoms with van der Waals surface area (Å²) in [6, 6.07) is 12.6. The van der Waals surface area contributed by atoms with Gasteiger partial charge in [-0.15, -0.1) is 0 Å². The number of ether oxygens (including phenoxy) is 2. The van der Waals surface area contributed by atoms with Crippen molar-refractivity contribution < 1.29 is 33.8 Å². The number of benzene rings is 2. The summed E-state index contributed by atoms with van der Waals surface area (Å²) in [5, 5.41) is 13.8. The Morgan fingerprint density at radius 2 is 1.80 bits per heavy atom. The minimum Gasteiger partial charge on any atom is -0.463 e. The fourth-order valence-electron chi connectivity index (χ4n) is 7.84. The fraction of sp³-hybridized carbons (Fsp3) is 0.474. The summed E-state index contributed by atoms with van der Waals surface area (Å²) in [6.45, 7) is 7.60. The van der Waals surface area contributed by atoms with E-state index in [1.807, 2.05) is 88.4 Å². The number of likely N-dealkylation sites (tertiary alicyclic amines) is 1. The zero-order valence-electron chi connectivity index (χ0n) is 28.3. The number of halogens is 1. The lowest BCUT2D eigenvalue weighted by molar-refractivity contribution is -0.146. The Morgan fingerprint density at radius 3 is 2.51 bits per heavy atom. The molecular formula is C38H44BrN3O7. The summed E-state index contributed by atoms with van der Waals surface area (Å²) in [5.74, 6) is -3.55. The Bertz CT molecular complexity index is 1680. The summed E-state index contributed by atoms with van der Waals surface area (Å²) in [4.78, 5) is 60.4. The van der Waals surface area contributed by atoms with Gasteiger partial charge in [0.15, 0.2) is 0 Å². The first-order valence-corrected chi connectivity index (χ1v) is 17.8. The van der Waals surface area contributed by atoms with Crippen molar-refractivity contribution in [3.8, 4) is 0 Å². The fourth-order valence-corrected chi connectivity index (χ4v) is 8.57. The van der Waals surface area contributed by atoms with Crippen LogP contribution in [-0.4, -0.2) is 77.2 Å². The standard InChI is InChI=1S/C38H44BrN3O7/c1-22(2)17-26(20-43)42-34-37(47)41(29-18-23(3)14-15-24(29)4)16-10-6-9-13-30(44)48-21-28(25-11-7-5-8-12-25)40-35(45)31-32(36(42)46)38(34)19-27(39)33(31)49-38/h5-8,10-12,14-15,18-19,22,26,28,31-34,43H,9,13,16-17,20-21H2,1-4H3,(H,40,45)/b10-6-/t26-,28+,31+,32-,33+,34+,38-/m1/s1. The number of aryl methyl sites for hydroxylation is 2. The molecular weight excluding hydrogens is 690 g/mol. The van der Waals surface area contributed by atoms with Gasteiger partial charge in [0.2, 0.25) is 11.8 Å². The molecule has 2 aromatic carbocycles. The van der Waals surface area contributed by atoms with E-state index in [0.29, 0.717) is 23.0 Å². The van der Waals surface area contributed by atoms with Crippen molar-refractivity contribution >= 4 is 45.3 Å². The van der Waals surface area contributed by atoms with Gasteiger partial charge in [-0.3, -0.25) is 19.2 Å². The Labute approximate surface area is 295 Å². The maximum absolute atomic E-state index is 15.2. The van der Waals surface area contributed by atoms with E-state index in [9.17, 15) is 19.5 Å². The number of hydrogen-bond acceptors (Lipinski definition) is 7. The molecule has 2 saturated heterocycles. The predicted molar refractivity (Wildman–Crippen MR) is 187 cm³/mol. The minimum atomic E-state index is -1.47. The molecule has 11 heteroatoms. The third-order valence-electron chi connectivity index (χ3n) is 10.1. The van der Waals surface area contributed by atoms with Gasteiger partial charge >= 0.3 is 5.97 Å². The summed E-state index contributed by atoms with van der Waals surface area (Å²) in [5.41, 5.74) is 1.78. The molecule has 0 radical (unpaired) electrons. The average molecular weight is 735 g/mol. The highest BCUT2D eigenvalue weighted by molar-refractivity contribution is 9.11. The Morgan fingerprint density at radius 1 is 1.04 bits per heavy atom. The molecule has 0 saturated carbocycles. The van der Waals surface area contributed by atoms with Gasteiger partial charge in [-0.2, -0.15) is 0 Å². The highest BCUT2D eigenvalue weighted by Crippen LogP contribution is 2.59. The van der Waals surface area contributed by atoms with Gasteiger partial charge in [0.25, 0.3) is 5.91 Å². The van der Waals surface area contributed by atoms with E-state index in [1.54, 1.807) is 11.0 Å². The third kappa shape index (κ3) is 6.48. The summed E-state index contributed by atoms with van der Waals surface area (Å²) in [7, 11) is 0. The molecule has 2 fully saturated rings. The number of carbonyl (C=O) groups excluding carboxylic acids is 4. The van der Waals surface area contributed by atoms with Crippen LogP contribution in [0.3, 0.4) is 0 Å². The number of aliphatic hydroxyl groups is 1. The molecule has 4 heterocycles. The minimum absolute atomic E-state index is 0.0913. The number of nitrogens with zero attached hydrogens (tertiary/aromatic N) is 2. The van der Waals surface area contributed by atoms with Crippen LogP contribution in [0.5, 0.6) is 0 Å². The molecule has 3 amide bonds. The maximum atomic E-state index is 15.2. The molecule has 2 aromatic rings. The number of aliphatic hydroxyl groups excluding tert-OH is 1. The number of esters is 1. The maximum Gasteiger partial charge on any atom is 0.306 e. The van der Waals surface area contributed by atoms with Crippen molar-refractivity contribution in [2.75, 3.05) is 24.7 Å². The molecule has 6 rings (SSSR count). The first kappa shape index (κ1) is 35.0. The number of allylic oxidation sites excluding steroid dienone is 1. The molecule has 2 N–H and O–H groups in total. The quantitative estimate of drug-likeness (QED) is 0.327. The van der Waals surface area contributed by atoms with Gasteiger partial charge in [-0.1, -0.05) is 84.4 Å². The van der Waals surface area contributed by atoms with Crippen LogP contribution in [0.1, 0.15) is 55.8 Å². The number of amides is 3. The van der Waals surface area contributed by atoms with E-state index in [-0.39, 0.29) is 38.0 Å². The first-order chi connectivity index (χ1) is 23.5. The van der Waals surface area contributed by atoms with Crippen LogP contribution in [-0.2, 0) is 28.7 Å². The molecule has 7 atom stereocenters. The molecule has 49 heavy (non-hydrogen) atoms. The van der Waals surface area contributed by atoms with Crippen molar-refractivity contribution in [3.63, 3.8) is 0 Å². The number of cyclic esters (lactones) is 1. The molecule has 0 unspecified atom stereocenters. The number of anilines is 1. The van der Waals surface area contributed by atoms with Crippen molar-refractivity contribution in [1.82, 2.24) is 10.2 Å². The van der Waals surface area contributed by atoms with E-state index >= 15 is 4.79 Å². The van der Waals surface area contributed by atoms with Gasteiger partial charge in [0, 0.05) is 23.1 Å². The van der Waals surface area contributed by atoms with Crippen LogP contribution >= 0.6 is 15.9 Å². The first-order valence-electron chi connectivity index (χ1n) is 17.0. The number of hydrogen-bond donors (Lipinski definition) is 2. The summed E-state index contributed by atoms with van der Waals surface area (Å²) in [6.07, 6.45) is 5.64. The lowest BCUT2D eigenvalue weighted by Crippen LogP contribution is -2.59. The molecule has 1 spiro atoms. The number of nitrogens with one attached hydrogen (secondary N) is 1. The van der Waals surface area contributed by atoms with Gasteiger partial charge in [0.1, 0.15) is 24.4 Å². The van der Waals surface area contributed by atoms with Crippen molar-refractivity contribution in [2.24, 2.45) is 17.8 Å². The van der Waals surface area contributed by atoms with E-state index in [1.165, 1.54) is 4.90 Å². The lowest BCUT2D eigenvalue weighted by atomic mass is 9.74. The monoisotopic (exact) mass is 733 g/mol. The van der Waals surface area contributed by atoms with Gasteiger partial charge in [-0.05, 0) is 61.4 Å². The Balaban J connectivity index is 1.50. The molecule has 5 bridgehead atoms. The molecule has 10 nitrogen and oxygen atoms in total. The van der Waals surface area contributed by atoms with Crippen molar-refractivity contribution in [2.45, 2.75) is 76.8 Å². The second-order valence-electron chi connectivity index (χ2n) is 13.9. The highest BCUT2D eigenvalue weighted by atomic mass is 79.9. The molecule has 4 aliphatic rings. The van der Waals surface area contributed by atoms with Gasteiger partial charge in [0.05, 0.1) is 30.5 Å². The smallest absolute Gasteiger partial charge is 0.306 e. The zero-order valence-corrected chi connectivity index (χ0v) is 29.9. The highest BCUT2D eigenvalue weighted by Gasteiger charge is 2.75. The van der Waals surface area contributed by atoms with E-state index in [2.05, 4.69) is 21.2 Å². The van der Waals surface area contributed by atoms with Crippen LogP contribution < -0.4 is 10.2 Å². The number of fused-ring (bicyclic) bond motifs is 2. The second kappa shape index (κ2) is 14.2. The van der Waals surface area contributed by atoms with E-state index in [4.69, 9.17) is 9.47 Å². The van der Waals surface area contributed by atoms with Crippen LogP contribution in [0, 0.1) is 31.6 Å². The SMILES string of the molecule is Cc1ccc(C)c(N2C/C=C\CCC(=O)OC[C@@H](c3ccccc3)NC(=O)[C@@H]3[C@H]4O[C@@]5(C=C4Br)[C@H](C2=O)N([C@@H](CO)CC(C)C)C(=O)[C@@H]35)c1. The van der Waals surface area contributed by atoms with Gasteiger partial charge < -0.3 is 29.7 Å². The van der Waals surface area contributed by atoms with E-state index in [0.717, 1.165) is 16.7 Å². The van der Waals surface area contributed by atoms with Crippen molar-refractivity contribution in [1.29, 1.82) is 0 Å². The Kier molecular flexibility index (Phi) is 10.2.